The number of aryl methyl sites for hydroxylation is 1. The van der Waals surface area contributed by atoms with Gasteiger partial charge in [0.05, 0.1) is 16.6 Å². The molecule has 32 heavy (non-hydrogen) atoms. The van der Waals surface area contributed by atoms with Crippen molar-refractivity contribution in [1.82, 2.24) is 9.71 Å². The van der Waals surface area contributed by atoms with E-state index in [9.17, 15) is 22.4 Å². The largest absolute Gasteiger partial charge is 0.326 e. The second-order valence-electron chi connectivity index (χ2n) is 6.97. The number of thiazole rings is 1. The van der Waals surface area contributed by atoms with Crippen LogP contribution < -0.4 is 15.4 Å². The molecule has 3 aromatic rings. The summed E-state index contributed by atoms with van der Waals surface area (Å²) in [5.74, 6) is -1.21. The Hall–Kier alpha value is -3.15. The van der Waals surface area contributed by atoms with Gasteiger partial charge >= 0.3 is 0 Å². The smallest absolute Gasteiger partial charge is 0.244 e. The lowest BCUT2D eigenvalue weighted by atomic mass is 10.1. The quantitative estimate of drug-likeness (QED) is 0.482. The Bertz CT molecular complexity index is 1240. The number of carbonyl (C=O) groups is 2. The SMILES string of the molecule is CC(=O)Nc1ccc(S(=O)(=O)N[C@@H](C)C(=O)Nc2nc(-c3ccc(F)cc3)c(C)s2)cc1. The third-order valence-corrected chi connectivity index (χ3v) is 6.80. The van der Waals surface area contributed by atoms with Gasteiger partial charge in [-0.2, -0.15) is 4.72 Å². The third kappa shape index (κ3) is 5.75. The van der Waals surface area contributed by atoms with Crippen LogP contribution in [-0.2, 0) is 19.6 Å². The predicted octanol–water partition coefficient (Wildman–Crippen LogP) is 3.52. The Kier molecular flexibility index (Phi) is 7.02. The van der Waals surface area contributed by atoms with Gasteiger partial charge in [-0.05, 0) is 62.4 Å². The van der Waals surface area contributed by atoms with Crippen molar-refractivity contribution in [3.8, 4) is 11.3 Å². The maximum Gasteiger partial charge on any atom is 0.244 e. The van der Waals surface area contributed by atoms with Crippen molar-refractivity contribution < 1.29 is 22.4 Å². The van der Waals surface area contributed by atoms with Crippen molar-refractivity contribution in [2.75, 3.05) is 10.6 Å². The minimum absolute atomic E-state index is 0.0464. The molecule has 0 bridgehead atoms. The molecule has 168 valence electrons. The van der Waals surface area contributed by atoms with E-state index in [4.69, 9.17) is 0 Å². The number of nitrogens with zero attached hydrogens (tertiary/aromatic N) is 1. The Morgan fingerprint density at radius 1 is 1.03 bits per heavy atom. The topological polar surface area (TPSA) is 117 Å². The first kappa shape index (κ1) is 23.5. The lowest BCUT2D eigenvalue weighted by Gasteiger charge is -2.14. The average molecular weight is 477 g/mol. The van der Waals surface area contributed by atoms with Crippen LogP contribution in [0, 0.1) is 12.7 Å². The number of aromatic nitrogens is 1. The molecule has 3 rings (SSSR count). The Balaban J connectivity index is 1.67. The first-order valence-electron chi connectivity index (χ1n) is 9.49. The molecule has 11 heteroatoms. The van der Waals surface area contributed by atoms with E-state index in [2.05, 4.69) is 20.3 Å². The zero-order chi connectivity index (χ0) is 23.5. The predicted molar refractivity (Wildman–Crippen MR) is 121 cm³/mol. The number of nitrogens with one attached hydrogen (secondary N) is 3. The highest BCUT2D eigenvalue weighted by Crippen LogP contribution is 2.30. The molecular formula is C21H21FN4O4S2. The first-order chi connectivity index (χ1) is 15.0. The molecule has 3 N–H and O–H groups in total. The van der Waals surface area contributed by atoms with E-state index >= 15 is 0 Å². The number of halogens is 1. The molecule has 2 aromatic carbocycles. The van der Waals surface area contributed by atoms with Crippen molar-refractivity contribution in [3.63, 3.8) is 0 Å². The minimum Gasteiger partial charge on any atom is -0.326 e. The van der Waals surface area contributed by atoms with Gasteiger partial charge in [0.25, 0.3) is 0 Å². The van der Waals surface area contributed by atoms with E-state index in [0.717, 1.165) is 4.88 Å². The molecule has 0 fully saturated rings. The molecule has 0 saturated carbocycles. The molecule has 1 aromatic heterocycles. The molecule has 0 aliphatic rings. The van der Waals surface area contributed by atoms with Crippen molar-refractivity contribution in [3.05, 3.63) is 59.2 Å². The summed E-state index contributed by atoms with van der Waals surface area (Å²) in [4.78, 5) is 28.8. The summed E-state index contributed by atoms with van der Waals surface area (Å²) in [6.45, 7) is 4.59. The summed E-state index contributed by atoms with van der Waals surface area (Å²) in [5.41, 5.74) is 1.77. The van der Waals surface area contributed by atoms with Gasteiger partial charge in [0, 0.05) is 23.1 Å². The van der Waals surface area contributed by atoms with Crippen molar-refractivity contribution >= 4 is 44.0 Å². The van der Waals surface area contributed by atoms with E-state index in [1.165, 1.54) is 61.6 Å². The molecule has 2 amide bonds. The maximum absolute atomic E-state index is 13.1. The average Bonchev–Trinajstić information content (AvgIpc) is 3.08. The van der Waals surface area contributed by atoms with Gasteiger partial charge in [0.1, 0.15) is 5.82 Å². The lowest BCUT2D eigenvalue weighted by molar-refractivity contribution is -0.117. The first-order valence-corrected chi connectivity index (χ1v) is 11.8. The summed E-state index contributed by atoms with van der Waals surface area (Å²) in [6, 6.07) is 10.3. The van der Waals surface area contributed by atoms with Crippen LogP contribution in [0.3, 0.4) is 0 Å². The highest BCUT2D eigenvalue weighted by molar-refractivity contribution is 7.89. The van der Waals surface area contributed by atoms with Crippen LogP contribution in [-0.4, -0.2) is 31.3 Å². The molecule has 0 radical (unpaired) electrons. The molecular weight excluding hydrogens is 455 g/mol. The summed E-state index contributed by atoms with van der Waals surface area (Å²) in [7, 11) is -3.97. The van der Waals surface area contributed by atoms with Crippen molar-refractivity contribution in [1.29, 1.82) is 0 Å². The van der Waals surface area contributed by atoms with Crippen LogP contribution in [0.4, 0.5) is 15.2 Å². The Morgan fingerprint density at radius 3 is 2.25 bits per heavy atom. The minimum atomic E-state index is -3.97. The molecule has 0 unspecified atom stereocenters. The van der Waals surface area contributed by atoms with Crippen LogP contribution in [0.15, 0.2) is 53.4 Å². The summed E-state index contributed by atoms with van der Waals surface area (Å²) >= 11 is 1.23. The standard InChI is InChI=1S/C21H21FN4O4S2/c1-12(26-32(29,30)18-10-8-17(9-11-18)23-14(3)27)20(28)25-21-24-19(13(2)31-21)15-4-6-16(22)7-5-15/h4-12,26H,1-3H3,(H,23,27)(H,24,25,28)/t12-/m0/s1. The molecule has 0 aliphatic carbocycles. The van der Waals surface area contributed by atoms with Gasteiger partial charge in [-0.25, -0.2) is 17.8 Å². The van der Waals surface area contributed by atoms with Crippen molar-refractivity contribution in [2.24, 2.45) is 0 Å². The van der Waals surface area contributed by atoms with Crippen LogP contribution in [0.1, 0.15) is 18.7 Å². The van der Waals surface area contributed by atoms with Gasteiger partial charge in [-0.3, -0.25) is 9.59 Å². The second kappa shape index (κ2) is 9.55. The molecule has 1 heterocycles. The summed E-state index contributed by atoms with van der Waals surface area (Å²) in [5, 5.41) is 5.46. The number of carbonyl (C=O) groups excluding carboxylic acids is 2. The molecule has 0 aliphatic heterocycles. The zero-order valence-electron chi connectivity index (χ0n) is 17.5. The third-order valence-electron chi connectivity index (χ3n) is 4.35. The highest BCUT2D eigenvalue weighted by atomic mass is 32.2. The maximum atomic E-state index is 13.1. The van der Waals surface area contributed by atoms with Gasteiger partial charge in [0.15, 0.2) is 5.13 Å². The zero-order valence-corrected chi connectivity index (χ0v) is 19.1. The highest BCUT2D eigenvalue weighted by Gasteiger charge is 2.23. The lowest BCUT2D eigenvalue weighted by Crippen LogP contribution is -2.41. The monoisotopic (exact) mass is 476 g/mol. The van der Waals surface area contributed by atoms with Crippen LogP contribution in [0.25, 0.3) is 11.3 Å². The Labute approximate surface area is 188 Å². The van der Waals surface area contributed by atoms with Crippen LogP contribution >= 0.6 is 11.3 Å². The van der Waals surface area contributed by atoms with Gasteiger partial charge in [-0.1, -0.05) is 0 Å². The number of hydrogen-bond donors (Lipinski definition) is 3. The van der Waals surface area contributed by atoms with E-state index in [1.54, 1.807) is 12.1 Å². The van der Waals surface area contributed by atoms with Gasteiger partial charge in [0.2, 0.25) is 21.8 Å². The fourth-order valence-electron chi connectivity index (χ4n) is 2.81. The molecule has 0 saturated heterocycles. The summed E-state index contributed by atoms with van der Waals surface area (Å²) in [6.07, 6.45) is 0. The van der Waals surface area contributed by atoms with E-state index in [0.29, 0.717) is 22.1 Å². The van der Waals surface area contributed by atoms with Crippen LogP contribution in [0.2, 0.25) is 0 Å². The summed E-state index contributed by atoms with van der Waals surface area (Å²) < 4.78 is 40.6. The molecule has 8 nitrogen and oxygen atoms in total. The second-order valence-corrected chi connectivity index (χ2v) is 9.89. The fourth-order valence-corrected chi connectivity index (χ4v) is 4.86. The number of sulfonamides is 1. The number of rotatable bonds is 7. The number of anilines is 2. The van der Waals surface area contributed by atoms with Crippen LogP contribution in [0.5, 0.6) is 0 Å². The molecule has 1 atom stereocenters. The number of benzene rings is 2. The number of amides is 2. The number of hydrogen-bond acceptors (Lipinski definition) is 6. The molecule has 0 spiro atoms. The van der Waals surface area contributed by atoms with Gasteiger partial charge < -0.3 is 10.6 Å². The fraction of sp³-hybridized carbons (Fsp3) is 0.190. The van der Waals surface area contributed by atoms with E-state index in [-0.39, 0.29) is 16.6 Å². The Morgan fingerprint density at radius 2 is 1.66 bits per heavy atom. The normalized spacial score (nSPS) is 12.2. The van der Waals surface area contributed by atoms with E-state index < -0.39 is 22.0 Å². The van der Waals surface area contributed by atoms with Gasteiger partial charge in [-0.15, -0.1) is 11.3 Å². The van der Waals surface area contributed by atoms with E-state index in [1.807, 2.05) is 6.92 Å². The van der Waals surface area contributed by atoms with Crippen molar-refractivity contribution in [2.45, 2.75) is 31.7 Å².